The van der Waals surface area contributed by atoms with Crippen molar-refractivity contribution in [3.63, 3.8) is 0 Å². The van der Waals surface area contributed by atoms with E-state index in [1.54, 1.807) is 0 Å². The summed E-state index contributed by atoms with van der Waals surface area (Å²) in [5.74, 6) is 1.72. The Hall–Kier alpha value is -0.220. The summed E-state index contributed by atoms with van der Waals surface area (Å²) in [6.45, 7) is 2.70. The molecule has 0 unspecified atom stereocenters. The van der Waals surface area contributed by atoms with Gasteiger partial charge >= 0.3 is 0 Å². The summed E-state index contributed by atoms with van der Waals surface area (Å²) in [7, 11) is 2.13. The molecule has 3 nitrogen and oxygen atoms in total. The van der Waals surface area contributed by atoms with Crippen LogP contribution in [0, 0.1) is 5.92 Å². The van der Waals surface area contributed by atoms with E-state index in [-0.39, 0.29) is 5.91 Å². The Labute approximate surface area is 111 Å². The average Bonchev–Trinajstić information content (AvgIpc) is 2.35. The molecular formula is C13H26N2OS. The van der Waals surface area contributed by atoms with Crippen LogP contribution in [0.5, 0.6) is 0 Å². The van der Waals surface area contributed by atoms with Crippen LogP contribution in [0.4, 0.5) is 0 Å². The monoisotopic (exact) mass is 258 g/mol. The van der Waals surface area contributed by atoms with Crippen molar-refractivity contribution < 1.29 is 4.79 Å². The number of nitrogens with zero attached hydrogens (tertiary/aromatic N) is 1. The van der Waals surface area contributed by atoms with Crippen LogP contribution in [-0.4, -0.2) is 43.2 Å². The van der Waals surface area contributed by atoms with Crippen molar-refractivity contribution in [1.82, 2.24) is 10.2 Å². The van der Waals surface area contributed by atoms with E-state index < -0.39 is 0 Å². The predicted molar refractivity (Wildman–Crippen MR) is 75.6 cm³/mol. The lowest BCUT2D eigenvalue weighted by Crippen LogP contribution is -2.32. The minimum absolute atomic E-state index is 0.148. The summed E-state index contributed by atoms with van der Waals surface area (Å²) in [4.78, 5) is 13.7. The highest BCUT2D eigenvalue weighted by Gasteiger charge is 2.15. The van der Waals surface area contributed by atoms with E-state index in [4.69, 9.17) is 0 Å². The minimum atomic E-state index is 0.148. The average molecular weight is 258 g/mol. The molecule has 1 fully saturated rings. The van der Waals surface area contributed by atoms with Gasteiger partial charge < -0.3 is 10.2 Å². The fourth-order valence-corrected chi connectivity index (χ4v) is 2.59. The maximum Gasteiger partial charge on any atom is 0.221 e. The van der Waals surface area contributed by atoms with Gasteiger partial charge in [0.1, 0.15) is 0 Å². The molecule has 0 atom stereocenters. The topological polar surface area (TPSA) is 32.3 Å². The predicted octanol–water partition coefficient (Wildman–Crippen LogP) is 1.93. The van der Waals surface area contributed by atoms with E-state index in [1.807, 2.05) is 0 Å². The number of amides is 1. The van der Waals surface area contributed by atoms with Gasteiger partial charge in [-0.2, -0.15) is 12.6 Å². The molecule has 1 rings (SSSR count). The molecule has 0 bridgehead atoms. The number of hydrogen-bond donors (Lipinski definition) is 2. The van der Waals surface area contributed by atoms with Crippen molar-refractivity contribution in [2.24, 2.45) is 5.92 Å². The Morgan fingerprint density at radius 2 is 2.06 bits per heavy atom. The van der Waals surface area contributed by atoms with Crippen molar-refractivity contribution in [2.75, 3.05) is 32.4 Å². The van der Waals surface area contributed by atoms with E-state index in [0.717, 1.165) is 19.0 Å². The van der Waals surface area contributed by atoms with E-state index >= 15 is 0 Å². The van der Waals surface area contributed by atoms with Gasteiger partial charge in [-0.1, -0.05) is 19.3 Å². The number of nitrogens with one attached hydrogen (secondary N) is 1. The van der Waals surface area contributed by atoms with Crippen molar-refractivity contribution in [2.45, 2.75) is 38.5 Å². The second kappa shape index (κ2) is 8.81. The summed E-state index contributed by atoms with van der Waals surface area (Å²) in [5, 5.41) is 2.85. The van der Waals surface area contributed by atoms with Gasteiger partial charge in [0, 0.05) is 31.8 Å². The van der Waals surface area contributed by atoms with Crippen LogP contribution >= 0.6 is 12.6 Å². The molecule has 17 heavy (non-hydrogen) atoms. The van der Waals surface area contributed by atoms with Gasteiger partial charge in [0.15, 0.2) is 0 Å². The Morgan fingerprint density at radius 3 is 2.71 bits per heavy atom. The largest absolute Gasteiger partial charge is 0.355 e. The number of hydrogen-bond acceptors (Lipinski definition) is 3. The molecule has 1 amide bonds. The van der Waals surface area contributed by atoms with Gasteiger partial charge in [0.05, 0.1) is 0 Å². The molecule has 0 saturated heterocycles. The first-order chi connectivity index (χ1) is 8.22. The van der Waals surface area contributed by atoms with Crippen LogP contribution in [0.15, 0.2) is 0 Å². The standard InChI is InChI=1S/C13H26N2OS/c1-15(9-7-13(16)14-8-10-17)11-12-5-3-2-4-6-12/h12,17H,2-11H2,1H3,(H,14,16). The molecule has 0 spiro atoms. The molecule has 0 aliphatic heterocycles. The highest BCUT2D eigenvalue weighted by Crippen LogP contribution is 2.23. The number of carbonyl (C=O) groups excluding carboxylic acids is 1. The summed E-state index contributed by atoms with van der Waals surface area (Å²) in [6.07, 6.45) is 7.54. The van der Waals surface area contributed by atoms with E-state index in [9.17, 15) is 4.79 Å². The van der Waals surface area contributed by atoms with Crippen molar-refractivity contribution in [1.29, 1.82) is 0 Å². The smallest absolute Gasteiger partial charge is 0.221 e. The zero-order valence-electron chi connectivity index (χ0n) is 11.0. The number of thiol groups is 1. The van der Waals surface area contributed by atoms with Crippen LogP contribution in [-0.2, 0) is 4.79 Å². The lowest BCUT2D eigenvalue weighted by atomic mass is 9.89. The van der Waals surface area contributed by atoms with Gasteiger partial charge in [-0.05, 0) is 25.8 Å². The zero-order chi connectivity index (χ0) is 12.5. The Kier molecular flexibility index (Phi) is 7.69. The Morgan fingerprint density at radius 1 is 1.35 bits per heavy atom. The van der Waals surface area contributed by atoms with E-state index in [1.165, 1.54) is 32.1 Å². The molecular weight excluding hydrogens is 232 g/mol. The van der Waals surface area contributed by atoms with Crippen LogP contribution < -0.4 is 5.32 Å². The third kappa shape index (κ3) is 6.94. The molecule has 0 heterocycles. The van der Waals surface area contributed by atoms with Gasteiger partial charge in [-0.15, -0.1) is 0 Å². The molecule has 1 aliphatic rings. The highest BCUT2D eigenvalue weighted by molar-refractivity contribution is 7.80. The third-order valence-corrected chi connectivity index (χ3v) is 3.67. The zero-order valence-corrected chi connectivity index (χ0v) is 11.8. The van der Waals surface area contributed by atoms with Crippen molar-refractivity contribution in [3.8, 4) is 0 Å². The third-order valence-electron chi connectivity index (χ3n) is 3.45. The molecule has 0 aromatic carbocycles. The normalized spacial score (nSPS) is 17.4. The summed E-state index contributed by atoms with van der Waals surface area (Å²) in [5.41, 5.74) is 0. The van der Waals surface area contributed by atoms with Crippen LogP contribution in [0.2, 0.25) is 0 Å². The van der Waals surface area contributed by atoms with Gasteiger partial charge in [-0.3, -0.25) is 4.79 Å². The van der Waals surface area contributed by atoms with Crippen molar-refractivity contribution in [3.05, 3.63) is 0 Å². The molecule has 1 saturated carbocycles. The summed E-state index contributed by atoms with van der Waals surface area (Å²) >= 11 is 4.07. The molecule has 4 heteroatoms. The highest BCUT2D eigenvalue weighted by atomic mass is 32.1. The summed E-state index contributed by atoms with van der Waals surface area (Å²) < 4.78 is 0. The Balaban J connectivity index is 2.07. The number of rotatable bonds is 7. The first kappa shape index (κ1) is 14.8. The molecule has 1 aliphatic carbocycles. The van der Waals surface area contributed by atoms with Gasteiger partial charge in [0.2, 0.25) is 5.91 Å². The second-order valence-corrected chi connectivity index (χ2v) is 5.54. The molecule has 0 radical (unpaired) electrons. The molecule has 0 aromatic heterocycles. The van der Waals surface area contributed by atoms with E-state index in [2.05, 4.69) is 29.9 Å². The molecule has 0 aromatic rings. The van der Waals surface area contributed by atoms with Crippen molar-refractivity contribution >= 4 is 18.5 Å². The molecule has 1 N–H and O–H groups in total. The Bertz CT molecular complexity index is 217. The SMILES string of the molecule is CN(CCC(=O)NCCS)CC1CCCCC1. The maximum atomic E-state index is 11.4. The molecule has 100 valence electrons. The van der Waals surface area contributed by atoms with Gasteiger partial charge in [0.25, 0.3) is 0 Å². The fourth-order valence-electron chi connectivity index (χ4n) is 2.48. The van der Waals surface area contributed by atoms with Crippen LogP contribution in [0.25, 0.3) is 0 Å². The lowest BCUT2D eigenvalue weighted by Gasteiger charge is -2.26. The van der Waals surface area contributed by atoms with E-state index in [0.29, 0.717) is 18.7 Å². The van der Waals surface area contributed by atoms with Gasteiger partial charge in [-0.25, -0.2) is 0 Å². The fraction of sp³-hybridized carbons (Fsp3) is 0.923. The maximum absolute atomic E-state index is 11.4. The second-order valence-electron chi connectivity index (χ2n) is 5.09. The minimum Gasteiger partial charge on any atom is -0.355 e. The first-order valence-electron chi connectivity index (χ1n) is 6.78. The summed E-state index contributed by atoms with van der Waals surface area (Å²) in [6, 6.07) is 0. The number of carbonyl (C=O) groups is 1. The van der Waals surface area contributed by atoms with Crippen LogP contribution in [0.1, 0.15) is 38.5 Å². The van der Waals surface area contributed by atoms with Crippen LogP contribution in [0.3, 0.4) is 0 Å². The first-order valence-corrected chi connectivity index (χ1v) is 7.41. The quantitative estimate of drug-likeness (QED) is 0.684. The lowest BCUT2D eigenvalue weighted by molar-refractivity contribution is -0.121.